The van der Waals surface area contributed by atoms with Gasteiger partial charge < -0.3 is 10.2 Å². The van der Waals surface area contributed by atoms with Gasteiger partial charge in [-0.2, -0.15) is 5.10 Å². The number of aryl methyl sites for hydroxylation is 2. The van der Waals surface area contributed by atoms with Crippen molar-refractivity contribution in [3.63, 3.8) is 0 Å². The van der Waals surface area contributed by atoms with Crippen molar-refractivity contribution >= 4 is 23.3 Å². The van der Waals surface area contributed by atoms with Crippen LogP contribution in [0.3, 0.4) is 0 Å². The second-order valence-corrected chi connectivity index (χ2v) is 5.60. The summed E-state index contributed by atoms with van der Waals surface area (Å²) in [5, 5.41) is 6.87. The van der Waals surface area contributed by atoms with Crippen LogP contribution in [0.1, 0.15) is 12.0 Å². The van der Waals surface area contributed by atoms with E-state index in [-0.39, 0.29) is 24.2 Å². The predicted molar refractivity (Wildman–Crippen MR) is 83.5 cm³/mol. The van der Waals surface area contributed by atoms with Gasteiger partial charge in [-0.25, -0.2) is 0 Å². The Hall–Kier alpha value is -2.63. The number of benzene rings is 1. The Labute approximate surface area is 128 Å². The highest BCUT2D eigenvalue weighted by Gasteiger charge is 2.35. The van der Waals surface area contributed by atoms with Crippen molar-refractivity contribution in [3.05, 3.63) is 42.1 Å². The zero-order valence-corrected chi connectivity index (χ0v) is 12.6. The Morgan fingerprint density at radius 2 is 2.00 bits per heavy atom. The second-order valence-electron chi connectivity index (χ2n) is 5.60. The molecule has 1 aliphatic heterocycles. The lowest BCUT2D eigenvalue weighted by Gasteiger charge is -2.16. The van der Waals surface area contributed by atoms with Crippen molar-refractivity contribution in [2.75, 3.05) is 16.8 Å². The minimum Gasteiger partial charge on any atom is -0.312 e. The minimum atomic E-state index is -0.351. The molecule has 0 unspecified atom stereocenters. The normalized spacial score (nSPS) is 17.8. The second kappa shape index (κ2) is 5.63. The number of aromatic nitrogens is 2. The highest BCUT2D eigenvalue weighted by Crippen LogP contribution is 2.26. The van der Waals surface area contributed by atoms with Gasteiger partial charge in [-0.15, -0.1) is 0 Å². The third kappa shape index (κ3) is 2.86. The molecule has 1 aliphatic rings. The van der Waals surface area contributed by atoms with Gasteiger partial charge in [0, 0.05) is 38.0 Å². The van der Waals surface area contributed by atoms with Crippen LogP contribution >= 0.6 is 0 Å². The zero-order valence-electron chi connectivity index (χ0n) is 12.6. The van der Waals surface area contributed by atoms with E-state index in [1.807, 2.05) is 31.2 Å². The first-order chi connectivity index (χ1) is 10.5. The van der Waals surface area contributed by atoms with E-state index in [4.69, 9.17) is 0 Å². The van der Waals surface area contributed by atoms with Crippen molar-refractivity contribution in [1.29, 1.82) is 0 Å². The molecule has 0 spiro atoms. The summed E-state index contributed by atoms with van der Waals surface area (Å²) in [7, 11) is 1.79. The number of amides is 2. The molecule has 1 N–H and O–H groups in total. The van der Waals surface area contributed by atoms with E-state index in [9.17, 15) is 9.59 Å². The fourth-order valence-corrected chi connectivity index (χ4v) is 2.57. The lowest BCUT2D eigenvalue weighted by Crippen LogP contribution is -2.28. The molecule has 3 rings (SSSR count). The summed E-state index contributed by atoms with van der Waals surface area (Å²) in [6.07, 6.45) is 1.99. The van der Waals surface area contributed by atoms with Crippen LogP contribution in [0.5, 0.6) is 0 Å². The van der Waals surface area contributed by atoms with E-state index in [0.29, 0.717) is 12.4 Å². The van der Waals surface area contributed by atoms with Gasteiger partial charge in [0.15, 0.2) is 5.82 Å². The molecule has 2 heterocycles. The summed E-state index contributed by atoms with van der Waals surface area (Å²) in [5.41, 5.74) is 1.98. The number of nitrogens with one attached hydrogen (secondary N) is 1. The average Bonchev–Trinajstić information content (AvgIpc) is 3.06. The van der Waals surface area contributed by atoms with Crippen LogP contribution in [0.4, 0.5) is 11.5 Å². The zero-order chi connectivity index (χ0) is 15.7. The summed E-state index contributed by atoms with van der Waals surface area (Å²) in [5.74, 6) is -0.0313. The van der Waals surface area contributed by atoms with Crippen molar-refractivity contribution in [2.45, 2.75) is 13.3 Å². The van der Waals surface area contributed by atoms with Crippen molar-refractivity contribution < 1.29 is 9.59 Å². The quantitative estimate of drug-likeness (QED) is 0.938. The Morgan fingerprint density at radius 1 is 1.27 bits per heavy atom. The first kappa shape index (κ1) is 14.3. The highest BCUT2D eigenvalue weighted by molar-refractivity contribution is 6.03. The Kier molecular flexibility index (Phi) is 3.66. The van der Waals surface area contributed by atoms with E-state index < -0.39 is 0 Å². The van der Waals surface area contributed by atoms with Crippen molar-refractivity contribution in [3.8, 4) is 0 Å². The molecule has 1 aromatic carbocycles. The summed E-state index contributed by atoms with van der Waals surface area (Å²) in [6.45, 7) is 2.40. The van der Waals surface area contributed by atoms with Crippen LogP contribution in [0.25, 0.3) is 0 Å². The van der Waals surface area contributed by atoms with Gasteiger partial charge in [0.2, 0.25) is 11.8 Å². The van der Waals surface area contributed by atoms with Gasteiger partial charge in [0.1, 0.15) is 0 Å². The summed E-state index contributed by atoms with van der Waals surface area (Å²) in [6, 6.07) is 9.47. The molecule has 1 aromatic heterocycles. The first-order valence-corrected chi connectivity index (χ1v) is 7.20. The topological polar surface area (TPSA) is 67.2 Å². The molecule has 1 fully saturated rings. The fraction of sp³-hybridized carbons (Fsp3) is 0.312. The van der Waals surface area contributed by atoms with E-state index in [2.05, 4.69) is 10.4 Å². The molecular weight excluding hydrogens is 280 g/mol. The number of hydrogen-bond donors (Lipinski definition) is 1. The number of carbonyl (C=O) groups excluding carboxylic acids is 2. The largest absolute Gasteiger partial charge is 0.312 e. The number of anilines is 2. The first-order valence-electron chi connectivity index (χ1n) is 7.20. The van der Waals surface area contributed by atoms with Crippen molar-refractivity contribution in [2.24, 2.45) is 13.0 Å². The van der Waals surface area contributed by atoms with Gasteiger partial charge in [0.05, 0.1) is 5.92 Å². The molecule has 0 radical (unpaired) electrons. The van der Waals surface area contributed by atoms with Gasteiger partial charge in [-0.05, 0) is 19.1 Å². The maximum atomic E-state index is 12.3. The molecule has 1 saturated heterocycles. The van der Waals surface area contributed by atoms with Gasteiger partial charge >= 0.3 is 0 Å². The SMILES string of the molecule is Cc1ccc(N2C[C@@H](C(=O)Nc3ccn(C)n3)CC2=O)cc1. The molecule has 2 aromatic rings. The lowest BCUT2D eigenvalue weighted by atomic mass is 10.1. The van der Waals surface area contributed by atoms with Crippen LogP contribution in [0.2, 0.25) is 0 Å². The Bertz CT molecular complexity index is 705. The predicted octanol–water partition coefficient (Wildman–Crippen LogP) is 1.72. The van der Waals surface area contributed by atoms with Gasteiger partial charge in [0.25, 0.3) is 0 Å². The van der Waals surface area contributed by atoms with Crippen molar-refractivity contribution in [1.82, 2.24) is 9.78 Å². The molecule has 6 heteroatoms. The molecule has 0 aliphatic carbocycles. The monoisotopic (exact) mass is 298 g/mol. The number of nitrogens with zero attached hydrogens (tertiary/aromatic N) is 3. The lowest BCUT2D eigenvalue weighted by molar-refractivity contribution is -0.122. The van der Waals surface area contributed by atoms with E-state index in [1.165, 1.54) is 0 Å². The maximum Gasteiger partial charge on any atom is 0.231 e. The Morgan fingerprint density at radius 3 is 2.64 bits per heavy atom. The van der Waals surface area contributed by atoms with E-state index in [0.717, 1.165) is 11.3 Å². The van der Waals surface area contributed by atoms with Gasteiger partial charge in [-0.1, -0.05) is 17.7 Å². The van der Waals surface area contributed by atoms with E-state index >= 15 is 0 Å². The Balaban J connectivity index is 1.68. The molecule has 114 valence electrons. The van der Waals surface area contributed by atoms with Crippen LogP contribution in [-0.4, -0.2) is 28.1 Å². The number of rotatable bonds is 3. The molecule has 0 saturated carbocycles. The number of carbonyl (C=O) groups is 2. The van der Waals surface area contributed by atoms with Crippen LogP contribution in [0.15, 0.2) is 36.5 Å². The molecule has 22 heavy (non-hydrogen) atoms. The summed E-state index contributed by atoms with van der Waals surface area (Å²) >= 11 is 0. The van der Waals surface area contributed by atoms with Gasteiger partial charge in [-0.3, -0.25) is 14.3 Å². The average molecular weight is 298 g/mol. The molecule has 0 bridgehead atoms. The summed E-state index contributed by atoms with van der Waals surface area (Å²) in [4.78, 5) is 26.1. The smallest absolute Gasteiger partial charge is 0.231 e. The highest BCUT2D eigenvalue weighted by atomic mass is 16.2. The third-order valence-corrected chi connectivity index (χ3v) is 3.81. The molecular formula is C16H18N4O2. The molecule has 2 amide bonds. The summed E-state index contributed by atoms with van der Waals surface area (Å²) < 4.78 is 1.62. The van der Waals surface area contributed by atoms with Crippen LogP contribution < -0.4 is 10.2 Å². The van der Waals surface area contributed by atoms with Crippen LogP contribution in [0, 0.1) is 12.8 Å². The molecule has 6 nitrogen and oxygen atoms in total. The van der Waals surface area contributed by atoms with E-state index in [1.54, 1.807) is 28.9 Å². The third-order valence-electron chi connectivity index (χ3n) is 3.81. The minimum absolute atomic E-state index is 0.0231. The molecule has 1 atom stereocenters. The standard InChI is InChI=1S/C16H18N4O2/c1-11-3-5-13(6-4-11)20-10-12(9-15(20)21)16(22)17-14-7-8-19(2)18-14/h3-8,12H,9-10H2,1-2H3,(H,17,18,22)/t12-/m0/s1. The number of hydrogen-bond acceptors (Lipinski definition) is 3. The van der Waals surface area contributed by atoms with Crippen LogP contribution in [-0.2, 0) is 16.6 Å². The maximum absolute atomic E-state index is 12.3. The fourth-order valence-electron chi connectivity index (χ4n) is 2.57.